The quantitative estimate of drug-likeness (QED) is 0.291. The molecule has 39 heavy (non-hydrogen) atoms. The molecule has 1 amide bonds. The topological polar surface area (TPSA) is 81.8 Å². The van der Waals surface area contributed by atoms with Crippen molar-refractivity contribution in [1.29, 1.82) is 0 Å². The number of hydrogen-bond acceptors (Lipinski definition) is 4. The highest BCUT2D eigenvalue weighted by Crippen LogP contribution is 2.32. The third-order valence-corrected chi connectivity index (χ3v) is 7.35. The van der Waals surface area contributed by atoms with Crippen molar-refractivity contribution in [1.82, 2.24) is 24.4 Å². The summed E-state index contributed by atoms with van der Waals surface area (Å²) in [6.07, 6.45) is -0.171. The molecular weight excluding hydrogens is 561 g/mol. The summed E-state index contributed by atoms with van der Waals surface area (Å²) >= 11 is 12.1. The molecule has 3 heterocycles. The van der Waals surface area contributed by atoms with Gasteiger partial charge in [0.25, 0.3) is 5.91 Å². The van der Waals surface area contributed by atoms with Gasteiger partial charge in [0, 0.05) is 25.0 Å². The fourth-order valence-electron chi connectivity index (χ4n) is 4.99. The van der Waals surface area contributed by atoms with Crippen LogP contribution < -0.4 is 11.0 Å². The number of carbonyl (C=O) groups excluding carboxylic acids is 1. The third-order valence-electron chi connectivity index (χ3n) is 6.82. The van der Waals surface area contributed by atoms with E-state index in [9.17, 15) is 27.2 Å². The van der Waals surface area contributed by atoms with Gasteiger partial charge in [0.1, 0.15) is 5.82 Å². The molecule has 1 aliphatic carbocycles. The number of fused-ring (bicyclic) bond motifs is 1. The molecule has 0 saturated heterocycles. The van der Waals surface area contributed by atoms with Crippen molar-refractivity contribution in [3.63, 3.8) is 0 Å². The zero-order chi connectivity index (χ0) is 27.9. The Kier molecular flexibility index (Phi) is 7.39. The van der Waals surface area contributed by atoms with Crippen molar-refractivity contribution in [2.75, 3.05) is 0 Å². The van der Waals surface area contributed by atoms with Crippen LogP contribution in [0.15, 0.2) is 53.6 Å². The first-order valence-electron chi connectivity index (χ1n) is 12.1. The van der Waals surface area contributed by atoms with Crippen LogP contribution in [0.1, 0.15) is 41.7 Å². The highest BCUT2D eigenvalue weighted by molar-refractivity contribution is 6.32. The molecule has 13 heteroatoms. The molecule has 0 unspecified atom stereocenters. The van der Waals surface area contributed by atoms with Gasteiger partial charge in [-0.3, -0.25) is 13.9 Å². The summed E-state index contributed by atoms with van der Waals surface area (Å²) in [6.45, 7) is 0.323. The van der Waals surface area contributed by atoms with Crippen LogP contribution in [-0.2, 0) is 12.7 Å². The predicted octanol–water partition coefficient (Wildman–Crippen LogP) is 6.04. The average molecular weight is 582 g/mol. The van der Waals surface area contributed by atoms with Crippen LogP contribution in [0.5, 0.6) is 0 Å². The highest BCUT2D eigenvalue weighted by Gasteiger charge is 2.38. The number of nitrogens with zero attached hydrogens (tertiary/aromatic N) is 4. The second-order valence-electron chi connectivity index (χ2n) is 9.41. The predicted molar refractivity (Wildman–Crippen MR) is 138 cm³/mol. The first-order chi connectivity index (χ1) is 18.5. The SMILES string of the molecule is O=C(NC1CCC(Cn2c(=O)n(-c3cc(F)ccc3Cl)c3cccnc32)CC1)c1cc(Cl)cnc1C(F)(F)F. The Balaban J connectivity index is 1.32. The van der Waals surface area contributed by atoms with E-state index in [2.05, 4.69) is 15.3 Å². The highest BCUT2D eigenvalue weighted by atomic mass is 35.5. The molecule has 3 aromatic heterocycles. The van der Waals surface area contributed by atoms with Gasteiger partial charge in [0.2, 0.25) is 0 Å². The Morgan fingerprint density at radius 1 is 1.08 bits per heavy atom. The lowest BCUT2D eigenvalue weighted by Gasteiger charge is -2.29. The lowest BCUT2D eigenvalue weighted by Crippen LogP contribution is -2.39. The molecule has 1 N–H and O–H groups in total. The van der Waals surface area contributed by atoms with E-state index in [-0.39, 0.29) is 27.7 Å². The fraction of sp³-hybridized carbons (Fsp3) is 0.308. The molecule has 7 nitrogen and oxygen atoms in total. The van der Waals surface area contributed by atoms with Gasteiger partial charge in [-0.1, -0.05) is 23.2 Å². The summed E-state index contributed by atoms with van der Waals surface area (Å²) in [7, 11) is 0. The van der Waals surface area contributed by atoms with Crippen LogP contribution in [0.3, 0.4) is 0 Å². The number of benzene rings is 1. The van der Waals surface area contributed by atoms with Gasteiger partial charge in [-0.15, -0.1) is 0 Å². The van der Waals surface area contributed by atoms with Crippen molar-refractivity contribution in [2.24, 2.45) is 5.92 Å². The van der Waals surface area contributed by atoms with Crippen LogP contribution in [-0.4, -0.2) is 31.1 Å². The van der Waals surface area contributed by atoms with E-state index in [1.807, 2.05) is 0 Å². The van der Waals surface area contributed by atoms with Gasteiger partial charge >= 0.3 is 11.9 Å². The number of halogens is 6. The molecule has 1 aliphatic rings. The Hall–Kier alpha value is -3.44. The summed E-state index contributed by atoms with van der Waals surface area (Å²) in [6, 6.07) is 7.75. The molecule has 0 bridgehead atoms. The van der Waals surface area contributed by atoms with Crippen molar-refractivity contribution >= 4 is 40.3 Å². The van der Waals surface area contributed by atoms with Gasteiger partial charge in [-0.2, -0.15) is 13.2 Å². The second kappa shape index (κ2) is 10.6. The zero-order valence-electron chi connectivity index (χ0n) is 20.2. The summed E-state index contributed by atoms with van der Waals surface area (Å²) in [5.74, 6) is -1.39. The van der Waals surface area contributed by atoms with Crippen molar-refractivity contribution in [2.45, 2.75) is 44.4 Å². The van der Waals surface area contributed by atoms with Crippen LogP contribution in [0.25, 0.3) is 16.9 Å². The normalized spacial score (nSPS) is 17.9. The maximum Gasteiger partial charge on any atom is 0.434 e. The number of alkyl halides is 3. The third kappa shape index (κ3) is 5.51. The number of rotatable bonds is 5. The van der Waals surface area contributed by atoms with Gasteiger partial charge in [0.15, 0.2) is 11.3 Å². The number of amides is 1. The Morgan fingerprint density at radius 3 is 2.54 bits per heavy atom. The first-order valence-corrected chi connectivity index (χ1v) is 12.8. The molecule has 0 radical (unpaired) electrons. The molecular formula is C26H21Cl2F4N5O2. The minimum atomic E-state index is -4.80. The monoisotopic (exact) mass is 581 g/mol. The molecule has 1 fully saturated rings. The van der Waals surface area contributed by atoms with Crippen LogP contribution in [0.4, 0.5) is 17.6 Å². The second-order valence-corrected chi connectivity index (χ2v) is 10.3. The maximum atomic E-state index is 14.0. The molecule has 4 aromatic rings. The van der Waals surface area contributed by atoms with Gasteiger partial charge < -0.3 is 5.32 Å². The fourth-order valence-corrected chi connectivity index (χ4v) is 5.35. The van der Waals surface area contributed by atoms with Crippen molar-refractivity contribution in [3.8, 4) is 5.69 Å². The molecule has 204 valence electrons. The van der Waals surface area contributed by atoms with E-state index in [0.29, 0.717) is 43.4 Å². The number of hydrogen-bond donors (Lipinski definition) is 1. The largest absolute Gasteiger partial charge is 0.434 e. The number of nitrogens with one attached hydrogen (secondary N) is 1. The molecule has 0 spiro atoms. The minimum absolute atomic E-state index is 0.0402. The van der Waals surface area contributed by atoms with E-state index >= 15 is 0 Å². The van der Waals surface area contributed by atoms with Gasteiger partial charge in [-0.25, -0.2) is 19.2 Å². The lowest BCUT2D eigenvalue weighted by molar-refractivity contribution is -0.141. The van der Waals surface area contributed by atoms with E-state index in [1.165, 1.54) is 27.3 Å². The number of imidazole rings is 1. The van der Waals surface area contributed by atoms with E-state index in [0.717, 1.165) is 12.3 Å². The van der Waals surface area contributed by atoms with E-state index in [4.69, 9.17) is 23.2 Å². The summed E-state index contributed by atoms with van der Waals surface area (Å²) in [5.41, 5.74) is -1.23. The Bertz CT molecular complexity index is 1610. The van der Waals surface area contributed by atoms with Crippen molar-refractivity contribution < 1.29 is 22.4 Å². The standard InChI is InChI=1S/C26H21Cl2F4N5O2/c27-15-10-18(22(34-12-15)26(30,31)32)24(38)35-17-6-3-14(4-7-17)13-36-23-20(2-1-9-33-23)37(25(36)39)21-11-16(29)5-8-19(21)28/h1-2,5,8-12,14,17H,3-4,6-7,13H2,(H,35,38). The molecule has 1 aromatic carbocycles. The Labute approximate surface area is 229 Å². The Morgan fingerprint density at radius 2 is 1.82 bits per heavy atom. The first kappa shape index (κ1) is 27.1. The van der Waals surface area contributed by atoms with Crippen molar-refractivity contribution in [3.05, 3.63) is 86.4 Å². The molecule has 1 saturated carbocycles. The number of pyridine rings is 2. The lowest BCUT2D eigenvalue weighted by atomic mass is 9.85. The minimum Gasteiger partial charge on any atom is -0.349 e. The molecule has 0 atom stereocenters. The molecule has 0 aliphatic heterocycles. The van der Waals surface area contributed by atoms with Crippen LogP contribution in [0.2, 0.25) is 10.0 Å². The molecule has 5 rings (SSSR count). The zero-order valence-corrected chi connectivity index (χ0v) is 21.7. The smallest absolute Gasteiger partial charge is 0.349 e. The van der Waals surface area contributed by atoms with Gasteiger partial charge in [-0.05, 0) is 68.0 Å². The summed E-state index contributed by atoms with van der Waals surface area (Å²) in [5, 5.41) is 2.80. The van der Waals surface area contributed by atoms with Crippen LogP contribution in [0, 0.1) is 11.7 Å². The summed E-state index contributed by atoms with van der Waals surface area (Å²) in [4.78, 5) is 33.8. The van der Waals surface area contributed by atoms with Gasteiger partial charge in [0.05, 0.1) is 26.8 Å². The summed E-state index contributed by atoms with van der Waals surface area (Å²) < 4.78 is 56.8. The number of aromatic nitrogens is 4. The van der Waals surface area contributed by atoms with Crippen LogP contribution >= 0.6 is 23.2 Å². The number of carbonyl (C=O) groups is 1. The maximum absolute atomic E-state index is 14.0. The van der Waals surface area contributed by atoms with E-state index < -0.39 is 34.8 Å². The average Bonchev–Trinajstić information content (AvgIpc) is 3.16. The van der Waals surface area contributed by atoms with E-state index in [1.54, 1.807) is 18.3 Å².